The molecule has 0 saturated heterocycles. The lowest BCUT2D eigenvalue weighted by molar-refractivity contribution is 0.191. The molecule has 2 aromatic rings. The Bertz CT molecular complexity index is 711. The summed E-state index contributed by atoms with van der Waals surface area (Å²) in [5, 5.41) is 16.1. The van der Waals surface area contributed by atoms with Crippen LogP contribution in [-0.4, -0.2) is 38.0 Å². The van der Waals surface area contributed by atoms with Crippen LogP contribution in [0, 0.1) is 5.82 Å². The maximum Gasteiger partial charge on any atom is 0.180 e. The maximum absolute atomic E-state index is 13.0. The van der Waals surface area contributed by atoms with Gasteiger partial charge >= 0.3 is 0 Å². The molecule has 0 aliphatic carbocycles. The minimum atomic E-state index is -0.351. The molecule has 0 saturated carbocycles. The van der Waals surface area contributed by atoms with Gasteiger partial charge in [-0.1, -0.05) is 23.7 Å². The monoisotopic (exact) mass is 396 g/mol. The number of rotatable bonds is 11. The van der Waals surface area contributed by atoms with Crippen LogP contribution < -0.4 is 20.1 Å². The molecule has 2 rings (SSSR count). The Kier molecular flexibility index (Phi) is 8.81. The van der Waals surface area contributed by atoms with E-state index < -0.39 is 0 Å². The van der Waals surface area contributed by atoms with Crippen molar-refractivity contribution >= 4 is 11.6 Å². The predicted molar refractivity (Wildman–Crippen MR) is 105 cm³/mol. The quantitative estimate of drug-likeness (QED) is 0.509. The molecule has 0 spiro atoms. The zero-order chi connectivity index (χ0) is 19.6. The van der Waals surface area contributed by atoms with Crippen LogP contribution in [0.25, 0.3) is 0 Å². The van der Waals surface area contributed by atoms with Crippen molar-refractivity contribution in [2.75, 3.05) is 26.7 Å². The lowest BCUT2D eigenvalue weighted by Crippen LogP contribution is -2.31. The number of aliphatic hydroxyl groups excluding tert-OH is 1. The smallest absolute Gasteiger partial charge is 0.180 e. The molecule has 2 aromatic carbocycles. The SMILES string of the molecule is COc1cc(CNCCNC[C@H](C)O)cc(Cl)c1OCc1ccc(F)cc1. The predicted octanol–water partition coefficient (Wildman–Crippen LogP) is 3.13. The van der Waals surface area contributed by atoms with E-state index in [0.29, 0.717) is 29.6 Å². The average Bonchev–Trinajstić information content (AvgIpc) is 2.64. The minimum Gasteiger partial charge on any atom is -0.493 e. The van der Waals surface area contributed by atoms with E-state index in [1.54, 1.807) is 26.2 Å². The summed E-state index contributed by atoms with van der Waals surface area (Å²) in [6.07, 6.45) is -0.351. The van der Waals surface area contributed by atoms with Gasteiger partial charge < -0.3 is 25.2 Å². The van der Waals surface area contributed by atoms with Crippen LogP contribution in [0.1, 0.15) is 18.1 Å². The molecule has 27 heavy (non-hydrogen) atoms. The molecular weight excluding hydrogens is 371 g/mol. The second-order valence-corrected chi connectivity index (χ2v) is 6.66. The summed E-state index contributed by atoms with van der Waals surface area (Å²) in [6, 6.07) is 9.83. The molecule has 0 aromatic heterocycles. The van der Waals surface area contributed by atoms with Gasteiger partial charge in [0.1, 0.15) is 12.4 Å². The molecule has 0 aliphatic heterocycles. The van der Waals surface area contributed by atoms with E-state index in [4.69, 9.17) is 21.1 Å². The molecule has 0 radical (unpaired) electrons. The number of nitrogens with one attached hydrogen (secondary N) is 2. The first-order valence-corrected chi connectivity index (χ1v) is 9.20. The van der Waals surface area contributed by atoms with Gasteiger partial charge in [-0.15, -0.1) is 0 Å². The van der Waals surface area contributed by atoms with Gasteiger partial charge in [0, 0.05) is 26.2 Å². The van der Waals surface area contributed by atoms with E-state index in [1.165, 1.54) is 12.1 Å². The Morgan fingerprint density at radius 3 is 2.48 bits per heavy atom. The Morgan fingerprint density at radius 1 is 1.11 bits per heavy atom. The minimum absolute atomic E-state index is 0.267. The van der Waals surface area contributed by atoms with Crippen molar-refractivity contribution in [1.29, 1.82) is 0 Å². The zero-order valence-electron chi connectivity index (χ0n) is 15.6. The fraction of sp³-hybridized carbons (Fsp3) is 0.400. The van der Waals surface area contributed by atoms with Crippen LogP contribution in [0.3, 0.4) is 0 Å². The lowest BCUT2D eigenvalue weighted by Gasteiger charge is -2.15. The lowest BCUT2D eigenvalue weighted by atomic mass is 10.2. The molecule has 0 aliphatic rings. The van der Waals surface area contributed by atoms with Crippen LogP contribution >= 0.6 is 11.6 Å². The van der Waals surface area contributed by atoms with Crippen LogP contribution in [0.15, 0.2) is 36.4 Å². The van der Waals surface area contributed by atoms with Gasteiger partial charge in [0.15, 0.2) is 11.5 Å². The molecule has 5 nitrogen and oxygen atoms in total. The molecular formula is C20H26ClFN2O3. The summed E-state index contributed by atoms with van der Waals surface area (Å²) in [4.78, 5) is 0. The zero-order valence-corrected chi connectivity index (χ0v) is 16.4. The number of aliphatic hydroxyl groups is 1. The number of ether oxygens (including phenoxy) is 2. The van der Waals surface area contributed by atoms with Crippen molar-refractivity contribution in [3.05, 3.63) is 58.4 Å². The van der Waals surface area contributed by atoms with E-state index >= 15 is 0 Å². The van der Waals surface area contributed by atoms with E-state index in [1.807, 2.05) is 12.1 Å². The van der Waals surface area contributed by atoms with Gasteiger partial charge in [-0.3, -0.25) is 0 Å². The Morgan fingerprint density at radius 2 is 1.81 bits per heavy atom. The Labute approximate surface area is 164 Å². The summed E-state index contributed by atoms with van der Waals surface area (Å²) in [6.45, 7) is 4.73. The largest absolute Gasteiger partial charge is 0.493 e. The number of benzene rings is 2. The topological polar surface area (TPSA) is 62.8 Å². The molecule has 0 bridgehead atoms. The number of methoxy groups -OCH3 is 1. The molecule has 1 atom stereocenters. The first-order valence-electron chi connectivity index (χ1n) is 8.82. The highest BCUT2D eigenvalue weighted by Crippen LogP contribution is 2.37. The molecule has 0 unspecified atom stereocenters. The highest BCUT2D eigenvalue weighted by molar-refractivity contribution is 6.32. The number of hydrogen-bond donors (Lipinski definition) is 3. The Balaban J connectivity index is 1.90. The Hall–Kier alpha value is -1.86. The van der Waals surface area contributed by atoms with Crippen molar-refractivity contribution in [3.63, 3.8) is 0 Å². The summed E-state index contributed by atoms with van der Waals surface area (Å²) >= 11 is 6.37. The molecule has 0 heterocycles. The van der Waals surface area contributed by atoms with E-state index in [-0.39, 0.29) is 18.5 Å². The normalized spacial score (nSPS) is 12.0. The third-order valence-electron chi connectivity index (χ3n) is 3.83. The van der Waals surface area contributed by atoms with Crippen LogP contribution in [0.5, 0.6) is 11.5 Å². The second-order valence-electron chi connectivity index (χ2n) is 6.25. The summed E-state index contributed by atoms with van der Waals surface area (Å²) in [7, 11) is 1.56. The number of halogens is 2. The fourth-order valence-electron chi connectivity index (χ4n) is 2.47. The van der Waals surface area contributed by atoms with Crippen molar-refractivity contribution in [2.24, 2.45) is 0 Å². The van der Waals surface area contributed by atoms with Gasteiger partial charge in [0.25, 0.3) is 0 Å². The number of hydrogen-bond acceptors (Lipinski definition) is 5. The van der Waals surface area contributed by atoms with Gasteiger partial charge in [-0.2, -0.15) is 0 Å². The first-order chi connectivity index (χ1) is 13.0. The summed E-state index contributed by atoms with van der Waals surface area (Å²) in [5.74, 6) is 0.728. The average molecular weight is 397 g/mol. The third kappa shape index (κ3) is 7.34. The standard InChI is InChI=1S/C20H26ClFN2O3/c1-14(25)11-23-7-8-24-12-16-9-18(21)20(19(10-16)26-2)27-13-15-3-5-17(22)6-4-15/h3-6,9-10,14,23-25H,7-8,11-13H2,1-2H3/t14-/m0/s1. The molecule has 0 amide bonds. The molecule has 3 N–H and O–H groups in total. The van der Waals surface area contributed by atoms with Crippen molar-refractivity contribution < 1.29 is 19.0 Å². The van der Waals surface area contributed by atoms with Gasteiger partial charge in [0.2, 0.25) is 0 Å². The van der Waals surface area contributed by atoms with Gasteiger partial charge in [-0.05, 0) is 42.3 Å². The highest BCUT2D eigenvalue weighted by Gasteiger charge is 2.12. The highest BCUT2D eigenvalue weighted by atomic mass is 35.5. The van der Waals surface area contributed by atoms with E-state index in [2.05, 4.69) is 10.6 Å². The van der Waals surface area contributed by atoms with Crippen molar-refractivity contribution in [3.8, 4) is 11.5 Å². The second kappa shape index (κ2) is 11.1. The fourth-order valence-corrected chi connectivity index (χ4v) is 2.76. The molecule has 0 fully saturated rings. The van der Waals surface area contributed by atoms with Crippen LogP contribution in [-0.2, 0) is 13.2 Å². The first kappa shape index (κ1) is 21.4. The van der Waals surface area contributed by atoms with Crippen LogP contribution in [0.4, 0.5) is 4.39 Å². The van der Waals surface area contributed by atoms with Gasteiger partial charge in [-0.25, -0.2) is 4.39 Å². The van der Waals surface area contributed by atoms with Crippen LogP contribution in [0.2, 0.25) is 5.02 Å². The summed E-state index contributed by atoms with van der Waals surface area (Å²) < 4.78 is 24.2. The van der Waals surface area contributed by atoms with Crippen molar-refractivity contribution in [1.82, 2.24) is 10.6 Å². The van der Waals surface area contributed by atoms with E-state index in [0.717, 1.165) is 24.2 Å². The van der Waals surface area contributed by atoms with Crippen molar-refractivity contribution in [2.45, 2.75) is 26.2 Å². The van der Waals surface area contributed by atoms with Gasteiger partial charge in [0.05, 0.1) is 18.2 Å². The summed E-state index contributed by atoms with van der Waals surface area (Å²) in [5.41, 5.74) is 1.81. The third-order valence-corrected chi connectivity index (χ3v) is 4.11. The molecule has 7 heteroatoms. The van der Waals surface area contributed by atoms with E-state index in [9.17, 15) is 9.50 Å². The molecule has 148 valence electrons. The maximum atomic E-state index is 13.0.